The molecule has 0 unspecified atom stereocenters. The highest BCUT2D eigenvalue weighted by Gasteiger charge is 2.25. The number of nitro benzene ring substituents is 1. The van der Waals surface area contributed by atoms with Gasteiger partial charge in [-0.2, -0.15) is 0 Å². The third-order valence-electron chi connectivity index (χ3n) is 3.83. The van der Waals surface area contributed by atoms with Crippen LogP contribution in [0.25, 0.3) is 0 Å². The standard InChI is InChI=1S/C19H21N3O6/c1-5-28-18-9-14(16(22(25)26)10-17(18)27-4)19(24)21-13-7-6-11(2)15(8-13)20-12(3)23/h6-10H,5H2,1-4H3,(H,20,23)(H,21,24). The van der Waals surface area contributed by atoms with Crippen molar-refractivity contribution in [2.75, 3.05) is 24.4 Å². The van der Waals surface area contributed by atoms with Gasteiger partial charge in [-0.05, 0) is 31.5 Å². The fraction of sp³-hybridized carbons (Fsp3) is 0.263. The van der Waals surface area contributed by atoms with Crippen molar-refractivity contribution < 1.29 is 24.0 Å². The third kappa shape index (κ3) is 4.76. The van der Waals surface area contributed by atoms with Gasteiger partial charge in [-0.25, -0.2) is 0 Å². The molecule has 0 spiro atoms. The molecule has 0 aliphatic heterocycles. The molecular weight excluding hydrogens is 366 g/mol. The highest BCUT2D eigenvalue weighted by atomic mass is 16.6. The molecule has 0 aliphatic carbocycles. The summed E-state index contributed by atoms with van der Waals surface area (Å²) in [6.45, 7) is 5.23. The van der Waals surface area contributed by atoms with Crippen LogP contribution in [0.3, 0.4) is 0 Å². The van der Waals surface area contributed by atoms with Gasteiger partial charge in [0.05, 0.1) is 24.7 Å². The van der Waals surface area contributed by atoms with Gasteiger partial charge in [-0.15, -0.1) is 0 Å². The van der Waals surface area contributed by atoms with E-state index < -0.39 is 16.5 Å². The number of nitro groups is 1. The lowest BCUT2D eigenvalue weighted by molar-refractivity contribution is -0.385. The molecule has 28 heavy (non-hydrogen) atoms. The molecule has 0 aliphatic rings. The molecule has 0 saturated heterocycles. The number of nitrogens with one attached hydrogen (secondary N) is 2. The Morgan fingerprint density at radius 1 is 1.14 bits per heavy atom. The minimum atomic E-state index is -0.687. The average molecular weight is 387 g/mol. The van der Waals surface area contributed by atoms with Gasteiger partial charge >= 0.3 is 0 Å². The summed E-state index contributed by atoms with van der Waals surface area (Å²) in [7, 11) is 1.36. The van der Waals surface area contributed by atoms with Gasteiger partial charge in [0.15, 0.2) is 11.5 Å². The Labute approximate surface area is 161 Å². The third-order valence-corrected chi connectivity index (χ3v) is 3.83. The number of anilines is 2. The molecule has 0 atom stereocenters. The van der Waals surface area contributed by atoms with Crippen molar-refractivity contribution in [2.45, 2.75) is 20.8 Å². The minimum absolute atomic E-state index is 0.161. The van der Waals surface area contributed by atoms with E-state index in [1.165, 1.54) is 20.1 Å². The monoisotopic (exact) mass is 387 g/mol. The zero-order chi connectivity index (χ0) is 20.8. The molecule has 2 N–H and O–H groups in total. The number of hydrogen-bond acceptors (Lipinski definition) is 6. The molecule has 2 amide bonds. The Kier molecular flexibility index (Phi) is 6.54. The topological polar surface area (TPSA) is 120 Å². The molecule has 2 aromatic carbocycles. The zero-order valence-corrected chi connectivity index (χ0v) is 16.0. The van der Waals surface area contributed by atoms with Crippen LogP contribution in [0.15, 0.2) is 30.3 Å². The van der Waals surface area contributed by atoms with E-state index in [4.69, 9.17) is 9.47 Å². The molecule has 0 radical (unpaired) electrons. The van der Waals surface area contributed by atoms with Crippen LogP contribution in [0, 0.1) is 17.0 Å². The molecule has 2 aromatic rings. The number of aryl methyl sites for hydroxylation is 1. The van der Waals surface area contributed by atoms with E-state index in [-0.39, 0.29) is 23.0 Å². The van der Waals surface area contributed by atoms with Crippen LogP contribution in [-0.4, -0.2) is 30.5 Å². The van der Waals surface area contributed by atoms with Crippen molar-refractivity contribution in [2.24, 2.45) is 0 Å². The smallest absolute Gasteiger partial charge is 0.286 e. The highest BCUT2D eigenvalue weighted by molar-refractivity contribution is 6.08. The number of methoxy groups -OCH3 is 1. The van der Waals surface area contributed by atoms with Gasteiger partial charge in [0.1, 0.15) is 5.56 Å². The molecule has 0 bridgehead atoms. The van der Waals surface area contributed by atoms with Crippen molar-refractivity contribution in [1.82, 2.24) is 0 Å². The Bertz CT molecular complexity index is 926. The van der Waals surface area contributed by atoms with Crippen molar-refractivity contribution in [3.05, 3.63) is 51.6 Å². The van der Waals surface area contributed by atoms with Gasteiger partial charge in [-0.3, -0.25) is 19.7 Å². The summed E-state index contributed by atoms with van der Waals surface area (Å²) in [5, 5.41) is 16.7. The second-order valence-electron chi connectivity index (χ2n) is 5.88. The van der Waals surface area contributed by atoms with Crippen LogP contribution in [-0.2, 0) is 4.79 Å². The van der Waals surface area contributed by atoms with Gasteiger partial charge in [0.25, 0.3) is 11.6 Å². The number of rotatable bonds is 7. The summed E-state index contributed by atoms with van der Waals surface area (Å²) in [6, 6.07) is 7.36. The summed E-state index contributed by atoms with van der Waals surface area (Å²) in [4.78, 5) is 34.8. The van der Waals surface area contributed by atoms with Crippen molar-refractivity contribution in [3.63, 3.8) is 0 Å². The maximum absolute atomic E-state index is 12.7. The van der Waals surface area contributed by atoms with Crippen LogP contribution >= 0.6 is 0 Å². The number of hydrogen-bond donors (Lipinski definition) is 2. The fourth-order valence-electron chi connectivity index (χ4n) is 2.53. The molecule has 0 fully saturated rings. The number of amides is 2. The van der Waals surface area contributed by atoms with E-state index in [0.717, 1.165) is 11.6 Å². The van der Waals surface area contributed by atoms with Crippen molar-refractivity contribution in [1.29, 1.82) is 0 Å². The Balaban J connectivity index is 2.41. The van der Waals surface area contributed by atoms with E-state index in [0.29, 0.717) is 18.0 Å². The molecule has 0 heterocycles. The van der Waals surface area contributed by atoms with Crippen LogP contribution < -0.4 is 20.1 Å². The lowest BCUT2D eigenvalue weighted by Crippen LogP contribution is -2.15. The first-order valence-corrected chi connectivity index (χ1v) is 8.45. The fourth-order valence-corrected chi connectivity index (χ4v) is 2.53. The van der Waals surface area contributed by atoms with Gasteiger partial charge in [0, 0.05) is 24.4 Å². The first-order valence-electron chi connectivity index (χ1n) is 8.45. The predicted octanol–water partition coefficient (Wildman–Crippen LogP) is 3.52. The second-order valence-corrected chi connectivity index (χ2v) is 5.88. The normalized spacial score (nSPS) is 10.1. The van der Waals surface area contributed by atoms with Gasteiger partial charge in [-0.1, -0.05) is 6.07 Å². The quantitative estimate of drug-likeness (QED) is 0.554. The maximum atomic E-state index is 12.7. The average Bonchev–Trinajstić information content (AvgIpc) is 2.63. The number of nitrogens with zero attached hydrogens (tertiary/aromatic N) is 1. The predicted molar refractivity (Wildman–Crippen MR) is 104 cm³/mol. The first-order chi connectivity index (χ1) is 13.3. The van der Waals surface area contributed by atoms with Crippen molar-refractivity contribution >= 4 is 28.9 Å². The van der Waals surface area contributed by atoms with E-state index in [1.54, 1.807) is 32.0 Å². The van der Waals surface area contributed by atoms with Crippen LogP contribution in [0.2, 0.25) is 0 Å². The number of benzene rings is 2. The Morgan fingerprint density at radius 3 is 2.43 bits per heavy atom. The molecule has 9 heteroatoms. The first kappa shape index (κ1) is 20.7. The van der Waals surface area contributed by atoms with Gasteiger partial charge < -0.3 is 20.1 Å². The lowest BCUT2D eigenvalue weighted by Gasteiger charge is -2.13. The molecule has 2 rings (SSSR count). The van der Waals surface area contributed by atoms with Crippen LogP contribution in [0.5, 0.6) is 11.5 Å². The summed E-state index contributed by atoms with van der Waals surface area (Å²) < 4.78 is 10.5. The zero-order valence-electron chi connectivity index (χ0n) is 16.0. The molecule has 0 saturated carbocycles. The maximum Gasteiger partial charge on any atom is 0.286 e. The van der Waals surface area contributed by atoms with Gasteiger partial charge in [0.2, 0.25) is 5.91 Å². The minimum Gasteiger partial charge on any atom is -0.493 e. The summed E-state index contributed by atoms with van der Waals surface area (Å²) in [5.41, 5.74) is 1.14. The van der Waals surface area contributed by atoms with Crippen LogP contribution in [0.1, 0.15) is 29.8 Å². The van der Waals surface area contributed by atoms with E-state index in [1.807, 2.05) is 0 Å². The summed E-state index contributed by atoms with van der Waals surface area (Å²) in [6.07, 6.45) is 0. The summed E-state index contributed by atoms with van der Waals surface area (Å²) >= 11 is 0. The second kappa shape index (κ2) is 8.85. The molecule has 148 valence electrons. The summed E-state index contributed by atoms with van der Waals surface area (Å²) in [5.74, 6) is -0.552. The molecule has 9 nitrogen and oxygen atoms in total. The SMILES string of the molecule is CCOc1cc(C(=O)Nc2ccc(C)c(NC(C)=O)c2)c([N+](=O)[O-])cc1OC. The van der Waals surface area contributed by atoms with E-state index >= 15 is 0 Å². The lowest BCUT2D eigenvalue weighted by atomic mass is 10.1. The highest BCUT2D eigenvalue weighted by Crippen LogP contribution is 2.35. The number of carbonyl (C=O) groups is 2. The largest absolute Gasteiger partial charge is 0.493 e. The van der Waals surface area contributed by atoms with E-state index in [2.05, 4.69) is 10.6 Å². The number of ether oxygens (including phenoxy) is 2. The molecular formula is C19H21N3O6. The Morgan fingerprint density at radius 2 is 1.86 bits per heavy atom. The van der Waals surface area contributed by atoms with Crippen molar-refractivity contribution in [3.8, 4) is 11.5 Å². The number of carbonyl (C=O) groups excluding carboxylic acids is 2. The van der Waals surface area contributed by atoms with E-state index in [9.17, 15) is 19.7 Å². The molecule has 0 aromatic heterocycles. The van der Waals surface area contributed by atoms with Crippen LogP contribution in [0.4, 0.5) is 17.1 Å². The Hall–Kier alpha value is -3.62.